The van der Waals surface area contributed by atoms with Crippen LogP contribution in [0, 0.1) is 0 Å². The second kappa shape index (κ2) is 5.83. The van der Waals surface area contributed by atoms with Gasteiger partial charge in [0.1, 0.15) is 5.54 Å². The first-order chi connectivity index (χ1) is 7.96. The molecule has 4 heteroatoms. The van der Waals surface area contributed by atoms with Crippen molar-refractivity contribution in [1.29, 1.82) is 0 Å². The molecule has 100 valence electrons. The van der Waals surface area contributed by atoms with Crippen molar-refractivity contribution in [3.63, 3.8) is 0 Å². The van der Waals surface area contributed by atoms with Crippen molar-refractivity contribution in [2.45, 2.75) is 57.6 Å². The average molecular weight is 243 g/mol. The minimum absolute atomic E-state index is 0.107. The molecule has 1 unspecified atom stereocenters. The van der Waals surface area contributed by atoms with Gasteiger partial charge in [-0.2, -0.15) is 0 Å². The molecule has 0 aromatic carbocycles. The molecule has 1 N–H and O–H groups in total. The van der Waals surface area contributed by atoms with E-state index >= 15 is 0 Å². The van der Waals surface area contributed by atoms with E-state index < -0.39 is 5.54 Å². The molecule has 0 aromatic heterocycles. The summed E-state index contributed by atoms with van der Waals surface area (Å²) >= 11 is 0. The van der Waals surface area contributed by atoms with Crippen LogP contribution in [0.5, 0.6) is 0 Å². The van der Waals surface area contributed by atoms with Crippen LogP contribution in [0.4, 0.5) is 0 Å². The van der Waals surface area contributed by atoms with Gasteiger partial charge in [-0.3, -0.25) is 4.79 Å². The molecule has 1 heterocycles. The maximum atomic E-state index is 12.0. The van der Waals surface area contributed by atoms with Gasteiger partial charge in [0.05, 0.1) is 12.2 Å². The predicted octanol–water partition coefficient (Wildman–Crippen LogP) is 1.88. The fraction of sp³-hybridized carbons (Fsp3) is 0.923. The van der Waals surface area contributed by atoms with Gasteiger partial charge in [-0.05, 0) is 39.7 Å². The zero-order valence-electron chi connectivity index (χ0n) is 11.5. The van der Waals surface area contributed by atoms with E-state index in [4.69, 9.17) is 9.47 Å². The maximum Gasteiger partial charge on any atom is 0.326 e. The summed E-state index contributed by atoms with van der Waals surface area (Å²) in [5, 5.41) is 3.28. The van der Waals surface area contributed by atoms with Gasteiger partial charge in [-0.1, -0.05) is 6.92 Å². The van der Waals surface area contributed by atoms with E-state index in [1.54, 1.807) is 7.11 Å². The number of rotatable bonds is 6. The van der Waals surface area contributed by atoms with Crippen LogP contribution in [0.25, 0.3) is 0 Å². The second-order valence-electron chi connectivity index (χ2n) is 5.32. The number of hydrogen-bond acceptors (Lipinski definition) is 4. The highest BCUT2D eigenvalue weighted by molar-refractivity contribution is 5.81. The Hall–Kier alpha value is -0.610. The Morgan fingerprint density at radius 1 is 1.47 bits per heavy atom. The van der Waals surface area contributed by atoms with E-state index in [0.29, 0.717) is 6.61 Å². The number of methoxy groups -OCH3 is 1. The van der Waals surface area contributed by atoms with Gasteiger partial charge in [0, 0.05) is 13.5 Å². The first-order valence-electron chi connectivity index (χ1n) is 6.43. The SMILES string of the molecule is CCC1(C(=O)OCCC(C)(C)OC)CCCN1. The monoisotopic (exact) mass is 243 g/mol. The number of ether oxygens (including phenoxy) is 2. The highest BCUT2D eigenvalue weighted by Crippen LogP contribution is 2.25. The summed E-state index contributed by atoms with van der Waals surface area (Å²) in [4.78, 5) is 12.0. The quantitative estimate of drug-likeness (QED) is 0.724. The van der Waals surface area contributed by atoms with Crippen molar-refractivity contribution >= 4 is 5.97 Å². The van der Waals surface area contributed by atoms with Crippen molar-refractivity contribution in [3.8, 4) is 0 Å². The van der Waals surface area contributed by atoms with Gasteiger partial charge in [0.2, 0.25) is 0 Å². The van der Waals surface area contributed by atoms with E-state index in [-0.39, 0.29) is 11.6 Å². The van der Waals surface area contributed by atoms with Crippen LogP contribution in [0.3, 0.4) is 0 Å². The minimum atomic E-state index is -0.433. The molecule has 1 rings (SSSR count). The third kappa shape index (κ3) is 3.68. The molecule has 4 nitrogen and oxygen atoms in total. The Bertz CT molecular complexity index is 257. The number of carbonyl (C=O) groups excluding carboxylic acids is 1. The Kier molecular flexibility index (Phi) is 4.95. The molecule has 0 aromatic rings. The lowest BCUT2D eigenvalue weighted by Gasteiger charge is -2.27. The molecule has 17 heavy (non-hydrogen) atoms. The molecule has 1 fully saturated rings. The third-order valence-electron chi connectivity index (χ3n) is 3.73. The van der Waals surface area contributed by atoms with Crippen LogP contribution in [-0.4, -0.2) is 37.4 Å². The zero-order chi connectivity index (χ0) is 12.9. The normalized spacial score (nSPS) is 24.9. The topological polar surface area (TPSA) is 47.6 Å². The van der Waals surface area contributed by atoms with Crippen molar-refractivity contribution in [2.75, 3.05) is 20.3 Å². The average Bonchev–Trinajstić information content (AvgIpc) is 2.78. The smallest absolute Gasteiger partial charge is 0.326 e. The summed E-state index contributed by atoms with van der Waals surface area (Å²) in [6.07, 6.45) is 3.44. The molecule has 0 spiro atoms. The minimum Gasteiger partial charge on any atom is -0.464 e. The van der Waals surface area contributed by atoms with E-state index in [1.807, 2.05) is 20.8 Å². The van der Waals surface area contributed by atoms with Crippen molar-refractivity contribution < 1.29 is 14.3 Å². The summed E-state index contributed by atoms with van der Waals surface area (Å²) in [5.74, 6) is -0.107. The molecule has 0 aliphatic carbocycles. The van der Waals surface area contributed by atoms with E-state index in [1.165, 1.54) is 0 Å². The number of esters is 1. The second-order valence-corrected chi connectivity index (χ2v) is 5.32. The standard InChI is InChI=1S/C13H25NO3/c1-5-13(7-6-9-14-13)11(15)17-10-8-12(2,3)16-4/h14H,5-10H2,1-4H3. The number of carbonyl (C=O) groups is 1. The Labute approximate surface area is 104 Å². The zero-order valence-corrected chi connectivity index (χ0v) is 11.5. The van der Waals surface area contributed by atoms with E-state index in [0.717, 1.165) is 32.2 Å². The summed E-state index contributed by atoms with van der Waals surface area (Å²) in [7, 11) is 1.67. The lowest BCUT2D eigenvalue weighted by atomic mass is 9.94. The van der Waals surface area contributed by atoms with Crippen molar-refractivity contribution in [3.05, 3.63) is 0 Å². The molecule has 1 aliphatic heterocycles. The fourth-order valence-electron chi connectivity index (χ4n) is 2.06. The Morgan fingerprint density at radius 2 is 2.18 bits per heavy atom. The van der Waals surface area contributed by atoms with E-state index in [9.17, 15) is 4.79 Å². The number of hydrogen-bond donors (Lipinski definition) is 1. The van der Waals surface area contributed by atoms with Crippen LogP contribution in [0.1, 0.15) is 46.5 Å². The summed E-state index contributed by atoms with van der Waals surface area (Å²) in [5.41, 5.74) is -0.667. The van der Waals surface area contributed by atoms with Gasteiger partial charge in [-0.15, -0.1) is 0 Å². The van der Waals surface area contributed by atoms with Crippen LogP contribution >= 0.6 is 0 Å². The van der Waals surface area contributed by atoms with Gasteiger partial charge in [0.15, 0.2) is 0 Å². The lowest BCUT2D eigenvalue weighted by molar-refractivity contribution is -0.152. The van der Waals surface area contributed by atoms with Gasteiger partial charge < -0.3 is 14.8 Å². The first kappa shape index (κ1) is 14.5. The summed E-state index contributed by atoms with van der Waals surface area (Å²) in [6, 6.07) is 0. The molecule has 0 radical (unpaired) electrons. The molecule has 1 aliphatic rings. The van der Waals surface area contributed by atoms with Crippen LogP contribution < -0.4 is 5.32 Å². The predicted molar refractivity (Wildman–Crippen MR) is 66.9 cm³/mol. The lowest BCUT2D eigenvalue weighted by Crippen LogP contribution is -2.48. The maximum absolute atomic E-state index is 12.0. The molecule has 0 amide bonds. The van der Waals surface area contributed by atoms with Gasteiger partial charge in [-0.25, -0.2) is 0 Å². The van der Waals surface area contributed by atoms with Crippen LogP contribution in [0.2, 0.25) is 0 Å². The molecular weight excluding hydrogens is 218 g/mol. The molecular formula is C13H25NO3. The van der Waals surface area contributed by atoms with Crippen molar-refractivity contribution in [1.82, 2.24) is 5.32 Å². The van der Waals surface area contributed by atoms with Crippen LogP contribution in [0.15, 0.2) is 0 Å². The van der Waals surface area contributed by atoms with E-state index in [2.05, 4.69) is 5.32 Å². The number of nitrogens with one attached hydrogen (secondary N) is 1. The first-order valence-corrected chi connectivity index (χ1v) is 6.43. The third-order valence-corrected chi connectivity index (χ3v) is 3.73. The van der Waals surface area contributed by atoms with Crippen molar-refractivity contribution in [2.24, 2.45) is 0 Å². The Balaban J connectivity index is 2.39. The summed E-state index contributed by atoms with van der Waals surface area (Å²) < 4.78 is 10.7. The molecule has 0 bridgehead atoms. The Morgan fingerprint density at radius 3 is 2.65 bits per heavy atom. The molecule has 0 saturated carbocycles. The van der Waals surface area contributed by atoms with Gasteiger partial charge >= 0.3 is 5.97 Å². The highest BCUT2D eigenvalue weighted by atomic mass is 16.5. The fourth-order valence-corrected chi connectivity index (χ4v) is 2.06. The largest absolute Gasteiger partial charge is 0.464 e. The highest BCUT2D eigenvalue weighted by Gasteiger charge is 2.40. The van der Waals surface area contributed by atoms with Crippen LogP contribution in [-0.2, 0) is 14.3 Å². The molecule has 1 saturated heterocycles. The summed E-state index contributed by atoms with van der Waals surface area (Å²) in [6.45, 7) is 7.34. The molecule has 1 atom stereocenters. The van der Waals surface area contributed by atoms with Gasteiger partial charge in [0.25, 0.3) is 0 Å².